The van der Waals surface area contributed by atoms with Gasteiger partial charge in [-0.2, -0.15) is 0 Å². The summed E-state index contributed by atoms with van der Waals surface area (Å²) in [6, 6.07) is 17.4. The zero-order chi connectivity index (χ0) is 23.3. The van der Waals surface area contributed by atoms with Gasteiger partial charge in [0, 0.05) is 0 Å². The quantitative estimate of drug-likeness (QED) is 0.337. The predicted octanol–water partition coefficient (Wildman–Crippen LogP) is 1.45. The molecule has 2 aromatic carbocycles. The van der Waals surface area contributed by atoms with Crippen LogP contribution in [0.15, 0.2) is 42.5 Å². The fourth-order valence-corrected chi connectivity index (χ4v) is 2.07. The highest BCUT2D eigenvalue weighted by atomic mass is 17.0. The lowest BCUT2D eigenvalue weighted by molar-refractivity contribution is -0.792. The number of hydrogen-bond acceptors (Lipinski definition) is 12. The lowest BCUT2D eigenvalue weighted by Gasteiger charge is -2.28. The van der Waals surface area contributed by atoms with Gasteiger partial charge in [-0.1, -0.05) is 42.5 Å². The van der Waals surface area contributed by atoms with Gasteiger partial charge in [-0.3, -0.25) is 0 Å². The Morgan fingerprint density at radius 3 is 1.45 bits per heavy atom. The van der Waals surface area contributed by atoms with Crippen LogP contribution in [0.3, 0.4) is 0 Å². The highest BCUT2D eigenvalue weighted by Gasteiger charge is 2.37. The van der Waals surface area contributed by atoms with E-state index in [9.17, 15) is 40.5 Å². The van der Waals surface area contributed by atoms with E-state index in [1.807, 2.05) is 24.3 Å². The van der Waals surface area contributed by atoms with Crippen molar-refractivity contribution in [3.63, 3.8) is 0 Å². The SMILES string of the molecule is O=[N+]([O-])OCC(CO[N+](=O)[O-])(CO[N+](=O)[O-])CO[N+](=O)[O-].[c]1cccc2ccccc12. The van der Waals surface area contributed by atoms with Crippen molar-refractivity contribution in [1.82, 2.24) is 0 Å². The number of fused-ring (bicyclic) bond motifs is 1. The first-order valence-corrected chi connectivity index (χ1v) is 8.08. The van der Waals surface area contributed by atoms with Gasteiger partial charge >= 0.3 is 0 Å². The minimum Gasteiger partial charge on any atom is -0.313 e. The van der Waals surface area contributed by atoms with E-state index in [0.29, 0.717) is 0 Å². The molecule has 31 heavy (non-hydrogen) atoms. The lowest BCUT2D eigenvalue weighted by Crippen LogP contribution is -2.43. The Labute approximate surface area is 172 Å². The molecule has 16 heteroatoms. The van der Waals surface area contributed by atoms with E-state index < -0.39 is 52.2 Å². The molecule has 167 valence electrons. The van der Waals surface area contributed by atoms with Crippen molar-refractivity contribution in [3.8, 4) is 0 Å². The summed E-state index contributed by atoms with van der Waals surface area (Å²) in [5.74, 6) is 0. The van der Waals surface area contributed by atoms with Gasteiger partial charge in [0.1, 0.15) is 26.4 Å². The second kappa shape index (κ2) is 12.1. The van der Waals surface area contributed by atoms with E-state index in [1.54, 1.807) is 0 Å². The van der Waals surface area contributed by atoms with Gasteiger partial charge in [0.05, 0.1) is 5.41 Å². The van der Waals surface area contributed by atoms with Gasteiger partial charge < -0.3 is 19.4 Å². The van der Waals surface area contributed by atoms with E-state index in [4.69, 9.17) is 0 Å². The van der Waals surface area contributed by atoms with Crippen LogP contribution in [-0.2, 0) is 19.4 Å². The Morgan fingerprint density at radius 2 is 1.06 bits per heavy atom. The largest absolute Gasteiger partial charge is 0.313 e. The van der Waals surface area contributed by atoms with Crippen molar-refractivity contribution in [2.45, 2.75) is 0 Å². The molecule has 0 amide bonds. The van der Waals surface area contributed by atoms with Gasteiger partial charge in [0.2, 0.25) is 0 Å². The molecular formula is C15H15N4O12. The molecule has 0 bridgehead atoms. The monoisotopic (exact) mass is 443 g/mol. The van der Waals surface area contributed by atoms with Crippen LogP contribution >= 0.6 is 0 Å². The van der Waals surface area contributed by atoms with E-state index in [-0.39, 0.29) is 0 Å². The van der Waals surface area contributed by atoms with Gasteiger partial charge in [-0.15, -0.1) is 40.5 Å². The van der Waals surface area contributed by atoms with Crippen molar-refractivity contribution in [2.24, 2.45) is 5.41 Å². The summed E-state index contributed by atoms with van der Waals surface area (Å²) < 4.78 is 0. The highest BCUT2D eigenvalue weighted by Crippen LogP contribution is 2.21. The van der Waals surface area contributed by atoms with Crippen molar-refractivity contribution in [2.75, 3.05) is 26.4 Å². The topological polar surface area (TPSA) is 209 Å². The third-order valence-electron chi connectivity index (χ3n) is 3.48. The smallest absolute Gasteiger partial charge is 0.294 e. The van der Waals surface area contributed by atoms with Crippen LogP contribution in [0.1, 0.15) is 0 Å². The number of rotatable bonds is 12. The summed E-state index contributed by atoms with van der Waals surface area (Å²) >= 11 is 0. The number of hydrogen-bond donors (Lipinski definition) is 0. The third-order valence-corrected chi connectivity index (χ3v) is 3.48. The standard InChI is InChI=1S/C10H7.C5H8N4O12/c1-2-6-10-8-4-3-7-9(10)5-1;10-6(11)18-1-5(2-19-7(12)13,3-20-8(14)15)4-21-9(16)17/h1-7H;1-4H2. The molecule has 1 radical (unpaired) electrons. The second-order valence-corrected chi connectivity index (χ2v) is 5.75. The van der Waals surface area contributed by atoms with E-state index in [2.05, 4.69) is 43.6 Å². The Morgan fingerprint density at radius 1 is 0.677 bits per heavy atom. The molecule has 2 aromatic rings. The fraction of sp³-hybridized carbons (Fsp3) is 0.333. The normalized spacial score (nSPS) is 10.2. The van der Waals surface area contributed by atoms with Crippen LogP contribution < -0.4 is 0 Å². The molecule has 0 saturated heterocycles. The van der Waals surface area contributed by atoms with Crippen molar-refractivity contribution in [1.29, 1.82) is 0 Å². The zero-order valence-electron chi connectivity index (χ0n) is 15.6. The first kappa shape index (κ1) is 24.5. The first-order chi connectivity index (χ1) is 14.6. The number of benzene rings is 2. The van der Waals surface area contributed by atoms with Gasteiger partial charge in [0.15, 0.2) is 0 Å². The summed E-state index contributed by atoms with van der Waals surface area (Å²) in [5.41, 5.74) is -2.03. The maximum absolute atomic E-state index is 10.1. The Hall–Kier alpha value is -4.50. The molecule has 0 aliphatic rings. The molecule has 16 nitrogen and oxygen atoms in total. The Bertz CT molecular complexity index is 765. The third kappa shape index (κ3) is 10.0. The minimum atomic E-state index is -2.03. The van der Waals surface area contributed by atoms with Gasteiger partial charge in [-0.25, -0.2) is 0 Å². The fourth-order valence-electron chi connectivity index (χ4n) is 2.07. The maximum atomic E-state index is 10.1. The molecule has 0 atom stereocenters. The summed E-state index contributed by atoms with van der Waals surface area (Å²) in [6.07, 6.45) is 0. The molecule has 0 fully saturated rings. The summed E-state index contributed by atoms with van der Waals surface area (Å²) in [6.45, 7) is -4.13. The second-order valence-electron chi connectivity index (χ2n) is 5.75. The van der Waals surface area contributed by atoms with E-state index in [0.717, 1.165) is 0 Å². The van der Waals surface area contributed by atoms with Gasteiger partial charge in [0.25, 0.3) is 20.3 Å². The summed E-state index contributed by atoms with van der Waals surface area (Å²) in [5, 5.41) is 37.7. The van der Waals surface area contributed by atoms with Crippen molar-refractivity contribution >= 4 is 10.8 Å². The molecule has 0 aliphatic heterocycles. The first-order valence-electron chi connectivity index (χ1n) is 8.08. The van der Waals surface area contributed by atoms with E-state index >= 15 is 0 Å². The molecule has 0 spiro atoms. The maximum Gasteiger partial charge on any atom is 0.294 e. The minimum absolute atomic E-state index is 1.03. The lowest BCUT2D eigenvalue weighted by atomic mass is 9.92. The molecule has 0 heterocycles. The summed E-state index contributed by atoms with van der Waals surface area (Å²) in [7, 11) is 0. The molecule has 0 unspecified atom stereocenters. The number of nitrogens with zero attached hydrogens (tertiary/aromatic N) is 4. The molecule has 0 aromatic heterocycles. The van der Waals surface area contributed by atoms with Gasteiger partial charge in [-0.05, 0) is 16.8 Å². The van der Waals surface area contributed by atoms with Crippen LogP contribution in [-0.4, -0.2) is 46.8 Å². The molecule has 0 aliphatic carbocycles. The molecular weight excluding hydrogens is 428 g/mol. The van der Waals surface area contributed by atoms with Crippen LogP contribution in [0.5, 0.6) is 0 Å². The predicted molar refractivity (Wildman–Crippen MR) is 97.0 cm³/mol. The Balaban J connectivity index is 0.000000391. The van der Waals surface area contributed by atoms with Crippen molar-refractivity contribution in [3.05, 3.63) is 89.0 Å². The van der Waals surface area contributed by atoms with Crippen LogP contribution in [0.25, 0.3) is 10.8 Å². The summed E-state index contributed by atoms with van der Waals surface area (Å²) in [4.78, 5) is 56.2. The Kier molecular flexibility index (Phi) is 9.61. The molecule has 0 saturated carbocycles. The average molecular weight is 443 g/mol. The van der Waals surface area contributed by atoms with Crippen LogP contribution in [0.2, 0.25) is 0 Å². The molecule has 0 N–H and O–H groups in total. The van der Waals surface area contributed by atoms with Crippen molar-refractivity contribution < 1.29 is 39.7 Å². The van der Waals surface area contributed by atoms with E-state index in [1.165, 1.54) is 10.8 Å². The average Bonchev–Trinajstić information content (AvgIpc) is 2.73. The highest BCUT2D eigenvalue weighted by molar-refractivity contribution is 5.81. The van der Waals surface area contributed by atoms with Crippen LogP contribution in [0, 0.1) is 51.9 Å². The van der Waals surface area contributed by atoms with Crippen LogP contribution in [0.4, 0.5) is 0 Å². The molecule has 2 rings (SSSR count). The zero-order valence-corrected chi connectivity index (χ0v) is 15.6.